The molecule has 0 aliphatic carbocycles. The molecule has 5 heteroatoms. The minimum Gasteiger partial charge on any atom is -0.346 e. The SMILES string of the molecule is Cc1cc(C(=O)NC(C)(C)CN)c(C)n1-c1ccccn1. The number of nitrogens with two attached hydrogens (primary N) is 1. The summed E-state index contributed by atoms with van der Waals surface area (Å²) < 4.78 is 1.98. The van der Waals surface area contributed by atoms with E-state index in [1.54, 1.807) is 6.20 Å². The molecule has 0 radical (unpaired) electrons. The average molecular weight is 286 g/mol. The molecular formula is C16H22N4O. The minimum absolute atomic E-state index is 0.110. The second-order valence-corrected chi connectivity index (χ2v) is 5.85. The molecule has 0 bridgehead atoms. The van der Waals surface area contributed by atoms with Gasteiger partial charge in [-0.15, -0.1) is 0 Å². The summed E-state index contributed by atoms with van der Waals surface area (Å²) in [5, 5.41) is 2.96. The third-order valence-corrected chi connectivity index (χ3v) is 3.52. The zero-order chi connectivity index (χ0) is 15.6. The van der Waals surface area contributed by atoms with Crippen molar-refractivity contribution >= 4 is 5.91 Å². The number of carbonyl (C=O) groups is 1. The maximum atomic E-state index is 12.4. The zero-order valence-corrected chi connectivity index (χ0v) is 13.0. The van der Waals surface area contributed by atoms with E-state index in [1.165, 1.54) is 0 Å². The Hall–Kier alpha value is -2.14. The van der Waals surface area contributed by atoms with Crippen molar-refractivity contribution in [2.75, 3.05) is 6.54 Å². The van der Waals surface area contributed by atoms with Gasteiger partial charge in [-0.25, -0.2) is 4.98 Å². The summed E-state index contributed by atoms with van der Waals surface area (Å²) in [6, 6.07) is 7.60. The monoisotopic (exact) mass is 286 g/mol. The molecule has 112 valence electrons. The summed E-state index contributed by atoms with van der Waals surface area (Å²) in [5.74, 6) is 0.699. The van der Waals surface area contributed by atoms with E-state index in [9.17, 15) is 4.79 Å². The van der Waals surface area contributed by atoms with Gasteiger partial charge >= 0.3 is 0 Å². The number of aromatic nitrogens is 2. The Labute approximate surface area is 125 Å². The first-order valence-electron chi connectivity index (χ1n) is 6.98. The predicted octanol–water partition coefficient (Wildman–Crippen LogP) is 1.96. The van der Waals surface area contributed by atoms with Gasteiger partial charge in [0.05, 0.1) is 5.56 Å². The van der Waals surface area contributed by atoms with Crippen LogP contribution in [0.25, 0.3) is 5.82 Å². The molecule has 2 rings (SSSR count). The lowest BCUT2D eigenvalue weighted by Crippen LogP contribution is -2.48. The molecule has 0 fully saturated rings. The Kier molecular flexibility index (Phi) is 4.14. The van der Waals surface area contributed by atoms with E-state index >= 15 is 0 Å². The van der Waals surface area contributed by atoms with Gasteiger partial charge in [0.25, 0.3) is 5.91 Å². The van der Waals surface area contributed by atoms with Gasteiger partial charge in [-0.3, -0.25) is 4.79 Å². The molecule has 21 heavy (non-hydrogen) atoms. The van der Waals surface area contributed by atoms with Crippen LogP contribution in [0.15, 0.2) is 30.5 Å². The fraction of sp³-hybridized carbons (Fsp3) is 0.375. The molecule has 0 aromatic carbocycles. The molecule has 2 aromatic rings. The Morgan fingerprint density at radius 1 is 1.38 bits per heavy atom. The van der Waals surface area contributed by atoms with Crippen LogP contribution >= 0.6 is 0 Å². The van der Waals surface area contributed by atoms with Crippen molar-refractivity contribution in [3.05, 3.63) is 47.4 Å². The van der Waals surface area contributed by atoms with Crippen LogP contribution in [0.5, 0.6) is 0 Å². The topological polar surface area (TPSA) is 72.9 Å². The number of hydrogen-bond acceptors (Lipinski definition) is 3. The molecule has 0 aliphatic heterocycles. The summed E-state index contributed by atoms with van der Waals surface area (Å²) in [6.07, 6.45) is 1.74. The number of carbonyl (C=O) groups excluding carboxylic acids is 1. The smallest absolute Gasteiger partial charge is 0.253 e. The highest BCUT2D eigenvalue weighted by Gasteiger charge is 2.23. The fourth-order valence-electron chi connectivity index (χ4n) is 2.26. The van der Waals surface area contributed by atoms with Gasteiger partial charge in [0, 0.05) is 29.7 Å². The van der Waals surface area contributed by atoms with Crippen LogP contribution < -0.4 is 11.1 Å². The van der Waals surface area contributed by atoms with Gasteiger partial charge in [0.15, 0.2) is 0 Å². The molecule has 0 saturated heterocycles. The molecule has 0 aliphatic rings. The van der Waals surface area contributed by atoms with E-state index in [-0.39, 0.29) is 5.91 Å². The highest BCUT2D eigenvalue weighted by Crippen LogP contribution is 2.19. The first kappa shape index (κ1) is 15.3. The number of nitrogens with one attached hydrogen (secondary N) is 1. The molecule has 2 heterocycles. The summed E-state index contributed by atoms with van der Waals surface area (Å²) in [4.78, 5) is 16.8. The lowest BCUT2D eigenvalue weighted by molar-refractivity contribution is 0.0915. The highest BCUT2D eigenvalue weighted by atomic mass is 16.1. The van der Waals surface area contributed by atoms with Crippen LogP contribution in [0.3, 0.4) is 0 Å². The lowest BCUT2D eigenvalue weighted by atomic mass is 10.1. The third-order valence-electron chi connectivity index (χ3n) is 3.52. The van der Waals surface area contributed by atoms with Crippen LogP contribution in [-0.4, -0.2) is 27.5 Å². The number of rotatable bonds is 4. The summed E-state index contributed by atoms with van der Waals surface area (Å²) in [6.45, 7) is 8.09. The van der Waals surface area contributed by atoms with Gasteiger partial charge in [-0.05, 0) is 45.9 Å². The van der Waals surface area contributed by atoms with Crippen molar-refractivity contribution < 1.29 is 4.79 Å². The van der Waals surface area contributed by atoms with E-state index in [2.05, 4.69) is 10.3 Å². The van der Waals surface area contributed by atoms with E-state index in [0.29, 0.717) is 12.1 Å². The molecule has 2 aromatic heterocycles. The molecular weight excluding hydrogens is 264 g/mol. The van der Waals surface area contributed by atoms with E-state index in [1.807, 2.05) is 56.5 Å². The van der Waals surface area contributed by atoms with E-state index in [4.69, 9.17) is 5.73 Å². The number of amides is 1. The summed E-state index contributed by atoms with van der Waals surface area (Å²) >= 11 is 0. The zero-order valence-electron chi connectivity index (χ0n) is 13.0. The highest BCUT2D eigenvalue weighted by molar-refractivity contribution is 5.96. The normalized spacial score (nSPS) is 11.5. The van der Waals surface area contributed by atoms with Crippen LogP contribution in [0.1, 0.15) is 35.6 Å². The van der Waals surface area contributed by atoms with Crippen LogP contribution in [0.4, 0.5) is 0 Å². The fourth-order valence-corrected chi connectivity index (χ4v) is 2.26. The first-order valence-corrected chi connectivity index (χ1v) is 6.98. The van der Waals surface area contributed by atoms with Crippen molar-refractivity contribution in [1.29, 1.82) is 0 Å². The second-order valence-electron chi connectivity index (χ2n) is 5.85. The molecule has 0 atom stereocenters. The molecule has 3 N–H and O–H groups in total. The predicted molar refractivity (Wildman–Crippen MR) is 83.6 cm³/mol. The Morgan fingerprint density at radius 2 is 2.10 bits per heavy atom. The van der Waals surface area contributed by atoms with Gasteiger partial charge in [0.2, 0.25) is 0 Å². The van der Waals surface area contributed by atoms with E-state index in [0.717, 1.165) is 17.2 Å². The molecule has 0 saturated carbocycles. The molecule has 5 nitrogen and oxygen atoms in total. The minimum atomic E-state index is -0.426. The third kappa shape index (κ3) is 3.13. The molecule has 0 unspecified atom stereocenters. The van der Waals surface area contributed by atoms with Crippen LogP contribution in [-0.2, 0) is 0 Å². The van der Waals surface area contributed by atoms with E-state index < -0.39 is 5.54 Å². The number of pyridine rings is 1. The van der Waals surface area contributed by atoms with Crippen LogP contribution in [0, 0.1) is 13.8 Å². The van der Waals surface area contributed by atoms with Gasteiger partial charge < -0.3 is 15.6 Å². The Bertz CT molecular complexity index is 644. The molecule has 1 amide bonds. The maximum Gasteiger partial charge on any atom is 0.253 e. The van der Waals surface area contributed by atoms with Crippen molar-refractivity contribution in [1.82, 2.24) is 14.9 Å². The maximum absolute atomic E-state index is 12.4. The van der Waals surface area contributed by atoms with Crippen molar-refractivity contribution in [2.24, 2.45) is 5.73 Å². The number of nitrogens with zero attached hydrogens (tertiary/aromatic N) is 2. The lowest BCUT2D eigenvalue weighted by Gasteiger charge is -2.24. The van der Waals surface area contributed by atoms with Crippen molar-refractivity contribution in [3.8, 4) is 5.82 Å². The summed E-state index contributed by atoms with van der Waals surface area (Å²) in [7, 11) is 0. The average Bonchev–Trinajstić information content (AvgIpc) is 2.74. The largest absolute Gasteiger partial charge is 0.346 e. The number of aryl methyl sites for hydroxylation is 1. The quantitative estimate of drug-likeness (QED) is 0.902. The summed E-state index contributed by atoms with van der Waals surface area (Å²) in [5.41, 5.74) is 7.74. The Morgan fingerprint density at radius 3 is 2.67 bits per heavy atom. The van der Waals surface area contributed by atoms with Gasteiger partial charge in [0.1, 0.15) is 5.82 Å². The Balaban J connectivity index is 2.38. The van der Waals surface area contributed by atoms with Gasteiger partial charge in [-0.2, -0.15) is 0 Å². The second kappa shape index (κ2) is 5.69. The number of hydrogen-bond donors (Lipinski definition) is 2. The van der Waals surface area contributed by atoms with Crippen LogP contribution in [0.2, 0.25) is 0 Å². The molecule has 0 spiro atoms. The first-order chi connectivity index (χ1) is 9.85. The van der Waals surface area contributed by atoms with Gasteiger partial charge in [-0.1, -0.05) is 6.07 Å². The van der Waals surface area contributed by atoms with Crippen molar-refractivity contribution in [3.63, 3.8) is 0 Å². The van der Waals surface area contributed by atoms with Crippen molar-refractivity contribution in [2.45, 2.75) is 33.2 Å². The standard InChI is InChI=1S/C16H22N4O/c1-11-9-13(15(21)19-16(3,4)10-17)12(2)20(11)14-7-5-6-8-18-14/h5-9H,10,17H2,1-4H3,(H,19,21).